The smallest absolute Gasteiger partial charge is 0.0926 e. The number of likely N-dealkylation sites (N-methyl/N-ethyl adjacent to an activating group) is 1. The van der Waals surface area contributed by atoms with Crippen molar-refractivity contribution >= 4 is 11.3 Å². The summed E-state index contributed by atoms with van der Waals surface area (Å²) in [5, 5.41) is 6.98. The van der Waals surface area contributed by atoms with Crippen LogP contribution >= 0.6 is 11.3 Å². The van der Waals surface area contributed by atoms with E-state index in [1.807, 2.05) is 0 Å². The molecule has 1 saturated carbocycles. The van der Waals surface area contributed by atoms with Gasteiger partial charge in [0.1, 0.15) is 0 Å². The number of nitrogens with one attached hydrogen (secondary N) is 1. The number of nitrogens with zero attached hydrogens (tertiary/aromatic N) is 2. The van der Waals surface area contributed by atoms with E-state index >= 15 is 0 Å². The molecule has 1 heterocycles. The largest absolute Gasteiger partial charge is 0.309 e. The fourth-order valence-electron chi connectivity index (χ4n) is 2.38. The lowest BCUT2D eigenvalue weighted by Gasteiger charge is -2.47. The summed E-state index contributed by atoms with van der Waals surface area (Å²) in [5.41, 5.74) is 1.60. The lowest BCUT2D eigenvalue weighted by Crippen LogP contribution is -2.56. The highest BCUT2D eigenvalue weighted by Crippen LogP contribution is 2.35. The Kier molecular flexibility index (Phi) is 4.17. The standard InChI is InChI=1S/C13H23N3S/c1-4-12-15-11(9-17-12)8-14-10-13(16(2)3)6-5-7-13/h9,14H,4-8,10H2,1-3H3. The van der Waals surface area contributed by atoms with Crippen LogP contribution in [0.2, 0.25) is 0 Å². The second kappa shape index (κ2) is 5.46. The zero-order valence-electron chi connectivity index (χ0n) is 11.1. The summed E-state index contributed by atoms with van der Waals surface area (Å²) < 4.78 is 0. The number of hydrogen-bond donors (Lipinski definition) is 1. The lowest BCUT2D eigenvalue weighted by atomic mass is 9.75. The number of aromatic nitrogens is 1. The molecule has 0 saturated heterocycles. The van der Waals surface area contributed by atoms with Gasteiger partial charge in [0.15, 0.2) is 0 Å². The van der Waals surface area contributed by atoms with E-state index in [1.165, 1.54) is 30.0 Å². The van der Waals surface area contributed by atoms with E-state index < -0.39 is 0 Å². The van der Waals surface area contributed by atoms with Gasteiger partial charge in [0, 0.05) is 24.0 Å². The molecule has 3 nitrogen and oxygen atoms in total. The molecule has 4 heteroatoms. The van der Waals surface area contributed by atoms with Gasteiger partial charge in [-0.05, 0) is 39.8 Å². The highest BCUT2D eigenvalue weighted by Gasteiger charge is 2.38. The molecule has 1 fully saturated rings. The molecule has 1 aliphatic rings. The van der Waals surface area contributed by atoms with E-state index in [9.17, 15) is 0 Å². The molecule has 1 aromatic heterocycles. The van der Waals surface area contributed by atoms with Gasteiger partial charge < -0.3 is 10.2 Å². The van der Waals surface area contributed by atoms with Crippen LogP contribution in [0.3, 0.4) is 0 Å². The minimum Gasteiger partial charge on any atom is -0.309 e. The summed E-state index contributed by atoms with van der Waals surface area (Å²) in [7, 11) is 4.39. The molecule has 0 spiro atoms. The summed E-state index contributed by atoms with van der Waals surface area (Å²) >= 11 is 1.77. The summed E-state index contributed by atoms with van der Waals surface area (Å²) in [6.07, 6.45) is 5.07. The van der Waals surface area contributed by atoms with Crippen LogP contribution in [-0.4, -0.2) is 36.1 Å². The minimum atomic E-state index is 0.406. The van der Waals surface area contributed by atoms with E-state index in [2.05, 4.69) is 41.6 Å². The Morgan fingerprint density at radius 2 is 2.24 bits per heavy atom. The molecular weight excluding hydrogens is 230 g/mol. The summed E-state index contributed by atoms with van der Waals surface area (Å²) in [5.74, 6) is 0. The zero-order valence-corrected chi connectivity index (χ0v) is 11.9. The van der Waals surface area contributed by atoms with Crippen LogP contribution in [0.15, 0.2) is 5.38 Å². The molecule has 0 unspecified atom stereocenters. The molecule has 0 aromatic carbocycles. The maximum absolute atomic E-state index is 4.58. The first-order valence-electron chi connectivity index (χ1n) is 6.48. The van der Waals surface area contributed by atoms with Gasteiger partial charge in [-0.25, -0.2) is 4.98 Å². The van der Waals surface area contributed by atoms with Gasteiger partial charge in [-0.3, -0.25) is 0 Å². The first kappa shape index (κ1) is 13.0. The average molecular weight is 253 g/mol. The topological polar surface area (TPSA) is 28.2 Å². The lowest BCUT2D eigenvalue weighted by molar-refractivity contribution is 0.0597. The van der Waals surface area contributed by atoms with Crippen LogP contribution in [0.5, 0.6) is 0 Å². The van der Waals surface area contributed by atoms with E-state index in [0.717, 1.165) is 19.5 Å². The van der Waals surface area contributed by atoms with Gasteiger partial charge in [0.2, 0.25) is 0 Å². The van der Waals surface area contributed by atoms with Crippen molar-refractivity contribution in [3.05, 3.63) is 16.1 Å². The Labute approximate surface area is 108 Å². The second-order valence-electron chi connectivity index (χ2n) is 5.16. The number of rotatable bonds is 6. The predicted octanol–water partition coefficient (Wildman–Crippen LogP) is 2.28. The zero-order chi connectivity index (χ0) is 12.3. The van der Waals surface area contributed by atoms with Crippen molar-refractivity contribution < 1.29 is 0 Å². The molecule has 2 rings (SSSR count). The van der Waals surface area contributed by atoms with Crippen LogP contribution in [0.1, 0.15) is 36.9 Å². The molecule has 0 atom stereocenters. The van der Waals surface area contributed by atoms with E-state index in [-0.39, 0.29) is 0 Å². The van der Waals surface area contributed by atoms with Gasteiger partial charge >= 0.3 is 0 Å². The molecular formula is C13H23N3S. The van der Waals surface area contributed by atoms with Crippen LogP contribution < -0.4 is 5.32 Å². The minimum absolute atomic E-state index is 0.406. The molecule has 1 N–H and O–H groups in total. The molecule has 0 bridgehead atoms. The number of hydrogen-bond acceptors (Lipinski definition) is 4. The monoisotopic (exact) mass is 253 g/mol. The Morgan fingerprint density at radius 3 is 2.71 bits per heavy atom. The van der Waals surface area contributed by atoms with Gasteiger partial charge in [0.25, 0.3) is 0 Å². The molecule has 17 heavy (non-hydrogen) atoms. The van der Waals surface area contributed by atoms with Gasteiger partial charge in [0.05, 0.1) is 10.7 Å². The van der Waals surface area contributed by atoms with Crippen LogP contribution in [-0.2, 0) is 13.0 Å². The van der Waals surface area contributed by atoms with Crippen LogP contribution in [0.25, 0.3) is 0 Å². The van der Waals surface area contributed by atoms with E-state index in [0.29, 0.717) is 5.54 Å². The summed E-state index contributed by atoms with van der Waals surface area (Å²) in [6, 6.07) is 0. The highest BCUT2D eigenvalue weighted by molar-refractivity contribution is 7.09. The molecule has 0 radical (unpaired) electrons. The Hall–Kier alpha value is -0.450. The molecule has 1 aromatic rings. The first-order valence-corrected chi connectivity index (χ1v) is 7.36. The first-order chi connectivity index (χ1) is 8.16. The Balaban J connectivity index is 1.79. The maximum atomic E-state index is 4.58. The highest BCUT2D eigenvalue weighted by atomic mass is 32.1. The molecule has 96 valence electrons. The fourth-order valence-corrected chi connectivity index (χ4v) is 3.13. The van der Waals surface area contributed by atoms with Crippen molar-refractivity contribution in [3.63, 3.8) is 0 Å². The molecule has 0 amide bonds. The van der Waals surface area contributed by atoms with Gasteiger partial charge in [-0.1, -0.05) is 6.92 Å². The normalized spacial score (nSPS) is 18.4. The number of thiazole rings is 1. The third-order valence-electron chi connectivity index (χ3n) is 3.89. The maximum Gasteiger partial charge on any atom is 0.0926 e. The fraction of sp³-hybridized carbons (Fsp3) is 0.769. The second-order valence-corrected chi connectivity index (χ2v) is 6.10. The van der Waals surface area contributed by atoms with Crippen molar-refractivity contribution in [2.75, 3.05) is 20.6 Å². The van der Waals surface area contributed by atoms with E-state index in [4.69, 9.17) is 0 Å². The third kappa shape index (κ3) is 2.87. The Morgan fingerprint density at radius 1 is 1.47 bits per heavy atom. The van der Waals surface area contributed by atoms with Crippen molar-refractivity contribution in [2.24, 2.45) is 0 Å². The van der Waals surface area contributed by atoms with E-state index in [1.54, 1.807) is 11.3 Å². The summed E-state index contributed by atoms with van der Waals surface area (Å²) in [4.78, 5) is 6.96. The van der Waals surface area contributed by atoms with Crippen molar-refractivity contribution in [1.29, 1.82) is 0 Å². The molecule has 0 aliphatic heterocycles. The quantitative estimate of drug-likeness (QED) is 0.843. The predicted molar refractivity (Wildman–Crippen MR) is 73.5 cm³/mol. The third-order valence-corrected chi connectivity index (χ3v) is 4.94. The summed E-state index contributed by atoms with van der Waals surface area (Å²) in [6.45, 7) is 4.15. The van der Waals surface area contributed by atoms with Crippen molar-refractivity contribution in [2.45, 2.75) is 44.7 Å². The van der Waals surface area contributed by atoms with Crippen LogP contribution in [0.4, 0.5) is 0 Å². The Bertz CT molecular complexity index is 355. The average Bonchev–Trinajstić information content (AvgIpc) is 2.69. The molecule has 1 aliphatic carbocycles. The SMILES string of the molecule is CCc1nc(CNCC2(N(C)C)CCC2)cs1. The van der Waals surface area contributed by atoms with Crippen molar-refractivity contribution in [3.8, 4) is 0 Å². The van der Waals surface area contributed by atoms with Gasteiger partial charge in [-0.15, -0.1) is 11.3 Å². The van der Waals surface area contributed by atoms with Crippen LogP contribution in [0, 0.1) is 0 Å². The van der Waals surface area contributed by atoms with Gasteiger partial charge in [-0.2, -0.15) is 0 Å². The van der Waals surface area contributed by atoms with Crippen molar-refractivity contribution in [1.82, 2.24) is 15.2 Å². The number of aryl methyl sites for hydroxylation is 1.